The predicted molar refractivity (Wildman–Crippen MR) is 342 cm³/mol. The number of halogens is 3. The van der Waals surface area contributed by atoms with E-state index in [0.717, 1.165) is 116 Å². The quantitative estimate of drug-likeness (QED) is 0.135. The maximum absolute atomic E-state index is 14.3. The van der Waals surface area contributed by atoms with Crippen molar-refractivity contribution in [3.8, 4) is 78.1 Å². The molecule has 0 atom stereocenters. The molecule has 0 bridgehead atoms. The number of alkyl halides is 3. The fourth-order valence-electron chi connectivity index (χ4n) is 13.1. The van der Waals surface area contributed by atoms with Crippen LogP contribution in [0.25, 0.3) is 127 Å². The van der Waals surface area contributed by atoms with E-state index in [-0.39, 0.29) is 0 Å². The summed E-state index contributed by atoms with van der Waals surface area (Å²) >= 11 is 0. The number of rotatable bonds is 8. The second kappa shape index (κ2) is 20.1. The van der Waals surface area contributed by atoms with Gasteiger partial charge in [-0.25, -0.2) is 4.85 Å². The summed E-state index contributed by atoms with van der Waals surface area (Å²) in [5, 5.41) is 4.31. The van der Waals surface area contributed by atoms with Crippen LogP contribution in [0, 0.1) is 68.9 Å². The van der Waals surface area contributed by atoms with Crippen molar-refractivity contribution in [2.75, 3.05) is 0 Å². The summed E-state index contributed by atoms with van der Waals surface area (Å²) in [5.41, 5.74) is 27.6. The van der Waals surface area contributed by atoms with Gasteiger partial charge in [0.2, 0.25) is 0 Å². The first-order valence-corrected chi connectivity index (χ1v) is 28.2. The zero-order valence-electron chi connectivity index (χ0n) is 48.0. The summed E-state index contributed by atoms with van der Waals surface area (Å²) in [6, 6.07) is 69.9. The van der Waals surface area contributed by atoms with Crippen LogP contribution >= 0.6 is 0 Å². The number of aromatic nitrogens is 2. The molecule has 0 saturated heterocycles. The molecule has 0 fully saturated rings. The molecule has 0 spiro atoms. The van der Waals surface area contributed by atoms with Gasteiger partial charge >= 0.3 is 6.18 Å². The first-order valence-electron chi connectivity index (χ1n) is 28.2. The van der Waals surface area contributed by atoms with Gasteiger partial charge < -0.3 is 9.13 Å². The SMILES string of the molecule is [C-]#[N+]c1ccc(-n2c3ccc(-c4cc(C)cc(C)c4)cc3c3cc(-c4cc(C)cc(C)c4)ccc32)c(-c2ccc(-c3ccc(C(F)(F)F)cc3C)cc2-n2c3ccc(-c4cc(C)cc(C)c4)cc3c3cc(-c4cc(C)cc(C)c4)ccc32)c1. The lowest BCUT2D eigenvalue weighted by Gasteiger charge is -2.21. The first-order chi connectivity index (χ1) is 39.8. The van der Waals surface area contributed by atoms with Gasteiger partial charge in [0.05, 0.1) is 45.6 Å². The topological polar surface area (TPSA) is 14.2 Å². The Balaban J connectivity index is 1.12. The number of benzene rings is 11. The van der Waals surface area contributed by atoms with E-state index in [1.807, 2.05) is 18.2 Å². The van der Waals surface area contributed by atoms with Crippen LogP contribution in [0.2, 0.25) is 0 Å². The van der Waals surface area contributed by atoms with Crippen LogP contribution in [-0.2, 0) is 6.18 Å². The van der Waals surface area contributed by atoms with Gasteiger partial charge in [0.15, 0.2) is 5.69 Å². The lowest BCUT2D eigenvalue weighted by atomic mass is 9.93. The Hall–Kier alpha value is -9.70. The molecule has 3 nitrogen and oxygen atoms in total. The molecule has 0 saturated carbocycles. The van der Waals surface area contributed by atoms with E-state index in [1.165, 1.54) is 56.6 Å². The fraction of sp³-hybridized carbons (Fsp3) is 0.130. The second-order valence-electron chi connectivity index (χ2n) is 23.2. The number of nitrogens with zero attached hydrogens (tertiary/aromatic N) is 3. The Labute approximate surface area is 483 Å². The summed E-state index contributed by atoms with van der Waals surface area (Å²) in [4.78, 5) is 4.06. The molecule has 13 rings (SSSR count). The molecule has 6 heteroatoms. The molecule has 2 heterocycles. The van der Waals surface area contributed by atoms with Crippen molar-refractivity contribution < 1.29 is 13.2 Å². The number of hydrogen-bond donors (Lipinski definition) is 0. The zero-order valence-corrected chi connectivity index (χ0v) is 48.0. The van der Waals surface area contributed by atoms with Crippen LogP contribution < -0.4 is 0 Å². The summed E-state index contributed by atoms with van der Waals surface area (Å²) in [5.74, 6) is 0. The van der Waals surface area contributed by atoms with Gasteiger partial charge in [-0.05, 0) is 208 Å². The zero-order chi connectivity index (χ0) is 57.7. The highest BCUT2D eigenvalue weighted by molar-refractivity contribution is 6.14. The van der Waals surface area contributed by atoms with Crippen molar-refractivity contribution in [2.24, 2.45) is 0 Å². The first kappa shape index (κ1) is 52.7. The van der Waals surface area contributed by atoms with Crippen LogP contribution in [0.4, 0.5) is 18.9 Å². The van der Waals surface area contributed by atoms with Crippen molar-refractivity contribution in [1.29, 1.82) is 0 Å². The predicted octanol–water partition coefficient (Wildman–Crippen LogP) is 22.2. The van der Waals surface area contributed by atoms with E-state index in [0.29, 0.717) is 16.8 Å². The molecular formula is C77H60F3N3. The van der Waals surface area contributed by atoms with E-state index < -0.39 is 11.7 Å². The Kier molecular flexibility index (Phi) is 12.7. The fourth-order valence-corrected chi connectivity index (χ4v) is 13.1. The van der Waals surface area contributed by atoms with Crippen LogP contribution in [0.3, 0.4) is 0 Å². The summed E-state index contributed by atoms with van der Waals surface area (Å²) in [6.45, 7) is 27.3. The van der Waals surface area contributed by atoms with Gasteiger partial charge in [-0.3, -0.25) is 0 Å². The molecule has 0 radical (unpaired) electrons. The smallest absolute Gasteiger partial charge is 0.309 e. The van der Waals surface area contributed by atoms with Crippen molar-refractivity contribution >= 4 is 49.3 Å². The number of hydrogen-bond acceptors (Lipinski definition) is 0. The van der Waals surface area contributed by atoms with Gasteiger partial charge in [0.25, 0.3) is 0 Å². The van der Waals surface area contributed by atoms with Crippen molar-refractivity contribution in [1.82, 2.24) is 9.13 Å². The Bertz CT molecular complexity index is 4600. The number of aryl methyl sites for hydroxylation is 9. The third-order valence-corrected chi connectivity index (χ3v) is 16.5. The largest absolute Gasteiger partial charge is 0.416 e. The highest BCUT2D eigenvalue weighted by atomic mass is 19.4. The van der Waals surface area contributed by atoms with Crippen LogP contribution in [0.5, 0.6) is 0 Å². The average molecular weight is 1080 g/mol. The van der Waals surface area contributed by atoms with E-state index in [1.54, 1.807) is 13.0 Å². The minimum absolute atomic E-state index is 0.478. The lowest BCUT2D eigenvalue weighted by Crippen LogP contribution is -2.05. The maximum Gasteiger partial charge on any atom is 0.416 e. The molecular weight excluding hydrogens is 1020 g/mol. The number of fused-ring (bicyclic) bond motifs is 6. The molecule has 0 N–H and O–H groups in total. The second-order valence-corrected chi connectivity index (χ2v) is 23.2. The Morgan fingerprint density at radius 1 is 0.301 bits per heavy atom. The standard InChI is InChI=1S/C77H60F3N3/c1-44-25-45(2)30-58(29-44)53-12-20-71-66(38-53)67-39-54(59-31-46(3)26-47(4)32-59)13-21-72(67)82(71)75-24-17-63(81-10)43-70(75)65-18-11-57(64-19-16-62(37-52(64)9)77(78,79)80)42-76(65)83-73-22-14-55(60-33-48(5)27-49(6)34-60)40-68(73)69-41-56(15-23-74(69)83)61-35-50(7)28-51(8)36-61/h11-43H,1-9H3. The van der Waals surface area contributed by atoms with Gasteiger partial charge in [0, 0.05) is 27.1 Å². The lowest BCUT2D eigenvalue weighted by molar-refractivity contribution is -0.137. The van der Waals surface area contributed by atoms with Gasteiger partial charge in [-0.15, -0.1) is 0 Å². The molecule has 2 aromatic heterocycles. The highest BCUT2D eigenvalue weighted by Gasteiger charge is 2.31. The average Bonchev–Trinajstić information content (AvgIpc) is 2.90. The molecule has 83 heavy (non-hydrogen) atoms. The van der Waals surface area contributed by atoms with Crippen molar-refractivity contribution in [3.05, 3.63) is 267 Å². The molecule has 0 amide bonds. The van der Waals surface area contributed by atoms with Crippen molar-refractivity contribution in [2.45, 2.75) is 68.5 Å². The minimum Gasteiger partial charge on any atom is -0.309 e. The molecule has 0 aliphatic carbocycles. The Morgan fingerprint density at radius 2 is 0.651 bits per heavy atom. The third kappa shape index (κ3) is 9.56. The van der Waals surface area contributed by atoms with E-state index in [9.17, 15) is 13.2 Å². The maximum atomic E-state index is 14.3. The summed E-state index contributed by atoms with van der Waals surface area (Å²) in [7, 11) is 0. The summed E-state index contributed by atoms with van der Waals surface area (Å²) in [6.07, 6.45) is -4.49. The molecule has 13 aromatic rings. The van der Waals surface area contributed by atoms with Gasteiger partial charge in [-0.2, -0.15) is 13.2 Å². The van der Waals surface area contributed by atoms with Gasteiger partial charge in [0.1, 0.15) is 0 Å². The highest BCUT2D eigenvalue weighted by Crippen LogP contribution is 2.46. The molecule has 404 valence electrons. The normalized spacial score (nSPS) is 11.8. The molecule has 0 aliphatic rings. The van der Waals surface area contributed by atoms with E-state index >= 15 is 0 Å². The molecule has 0 aliphatic heterocycles. The van der Waals surface area contributed by atoms with E-state index in [2.05, 4.69) is 233 Å². The van der Waals surface area contributed by atoms with E-state index in [4.69, 9.17) is 6.57 Å². The monoisotopic (exact) mass is 1080 g/mol. The summed E-state index contributed by atoms with van der Waals surface area (Å²) < 4.78 is 47.5. The third-order valence-electron chi connectivity index (χ3n) is 16.5. The minimum atomic E-state index is -4.49. The Morgan fingerprint density at radius 3 is 1.00 bits per heavy atom. The van der Waals surface area contributed by atoms with Crippen LogP contribution in [-0.4, -0.2) is 9.13 Å². The van der Waals surface area contributed by atoms with Crippen LogP contribution in [0.1, 0.15) is 55.6 Å². The molecule has 0 unspecified atom stereocenters. The van der Waals surface area contributed by atoms with Crippen LogP contribution in [0.15, 0.2) is 200 Å². The molecule has 11 aromatic carbocycles. The van der Waals surface area contributed by atoms with Crippen molar-refractivity contribution in [3.63, 3.8) is 0 Å². The van der Waals surface area contributed by atoms with Gasteiger partial charge in [-0.1, -0.05) is 166 Å².